The Morgan fingerprint density at radius 3 is 1.10 bits per heavy atom. The molecule has 9 nitrogen and oxygen atoms in total. The highest BCUT2D eigenvalue weighted by Crippen LogP contribution is 2.17. The van der Waals surface area contributed by atoms with Gasteiger partial charge in [-0.3, -0.25) is 9.59 Å². The Morgan fingerprint density at radius 1 is 0.433 bits per heavy atom. The van der Waals surface area contributed by atoms with Gasteiger partial charge in [-0.2, -0.15) is 0 Å². The maximum Gasteiger partial charge on any atom is 0.361 e. The van der Waals surface area contributed by atoms with E-state index in [1.54, 1.807) is 0 Å². The number of quaternary nitrogens is 1. The van der Waals surface area contributed by atoms with Gasteiger partial charge in [0.2, 0.25) is 0 Å². The van der Waals surface area contributed by atoms with Gasteiger partial charge in [-0.05, 0) is 38.5 Å². The van der Waals surface area contributed by atoms with Crippen LogP contribution in [0.3, 0.4) is 0 Å². The van der Waals surface area contributed by atoms with E-state index in [-0.39, 0.29) is 32.2 Å². The standard InChI is InChI=1S/C58H111NO8/c1-6-8-10-12-14-16-18-20-22-24-26-27-28-29-31-32-34-36-38-40-42-44-46-48-55(60)65-52-54(53-66-58(57(62)63)64-51-50-59(3,4)5)67-56(61)49-47-45-43-41-39-37-35-33-30-25-23-21-19-17-15-13-11-9-7-2/h21,23,54,58H,6-20,22,24-53H2,1-5H3/p+1/b23-21-. The Labute approximate surface area is 415 Å². The zero-order chi connectivity index (χ0) is 49.2. The third-order valence-corrected chi connectivity index (χ3v) is 13.0. The first-order valence-electron chi connectivity index (χ1n) is 28.9. The summed E-state index contributed by atoms with van der Waals surface area (Å²) >= 11 is 0. The molecule has 0 rings (SSSR count). The van der Waals surface area contributed by atoms with Crippen molar-refractivity contribution in [3.63, 3.8) is 0 Å². The van der Waals surface area contributed by atoms with Crippen LogP contribution in [0, 0.1) is 0 Å². The number of rotatable bonds is 54. The second kappa shape index (κ2) is 50.4. The van der Waals surface area contributed by atoms with E-state index in [4.69, 9.17) is 18.9 Å². The average molecular weight is 952 g/mol. The molecule has 0 saturated heterocycles. The number of carboxylic acid groups (broad SMARTS) is 1. The van der Waals surface area contributed by atoms with Crippen LogP contribution in [-0.4, -0.2) is 87.4 Å². The topological polar surface area (TPSA) is 108 Å². The number of ether oxygens (including phenoxy) is 4. The minimum Gasteiger partial charge on any atom is -0.477 e. The van der Waals surface area contributed by atoms with Crippen molar-refractivity contribution in [2.45, 2.75) is 296 Å². The fourth-order valence-corrected chi connectivity index (χ4v) is 8.54. The maximum atomic E-state index is 12.9. The van der Waals surface area contributed by atoms with Crippen LogP contribution in [0.1, 0.15) is 284 Å². The Hall–Kier alpha value is -1.97. The van der Waals surface area contributed by atoms with Crippen molar-refractivity contribution in [3.8, 4) is 0 Å². The van der Waals surface area contributed by atoms with E-state index in [1.165, 1.54) is 218 Å². The molecule has 0 aliphatic heterocycles. The second-order valence-corrected chi connectivity index (χ2v) is 21.0. The van der Waals surface area contributed by atoms with E-state index in [9.17, 15) is 19.5 Å². The highest BCUT2D eigenvalue weighted by Gasteiger charge is 2.25. The highest BCUT2D eigenvalue weighted by atomic mass is 16.7. The Balaban J connectivity index is 4.20. The molecule has 0 radical (unpaired) electrons. The summed E-state index contributed by atoms with van der Waals surface area (Å²) in [6.45, 7) is 4.93. The molecule has 0 aromatic carbocycles. The Kier molecular flexibility index (Phi) is 48.9. The van der Waals surface area contributed by atoms with Crippen molar-refractivity contribution < 1.29 is 42.9 Å². The lowest BCUT2D eigenvalue weighted by Gasteiger charge is -2.25. The van der Waals surface area contributed by atoms with Crippen LogP contribution in [0.5, 0.6) is 0 Å². The van der Waals surface area contributed by atoms with E-state index in [1.807, 2.05) is 21.1 Å². The number of hydrogen-bond acceptors (Lipinski definition) is 7. The molecule has 67 heavy (non-hydrogen) atoms. The van der Waals surface area contributed by atoms with Gasteiger partial charge in [0, 0.05) is 12.8 Å². The molecule has 0 saturated carbocycles. The molecule has 0 fully saturated rings. The summed E-state index contributed by atoms with van der Waals surface area (Å²) in [5, 5.41) is 9.69. The second-order valence-electron chi connectivity index (χ2n) is 21.0. The Morgan fingerprint density at radius 2 is 0.761 bits per heavy atom. The molecule has 0 heterocycles. The predicted molar refractivity (Wildman–Crippen MR) is 281 cm³/mol. The number of likely N-dealkylation sites (N-methyl/N-ethyl adjacent to an activating group) is 1. The fourth-order valence-electron chi connectivity index (χ4n) is 8.54. The van der Waals surface area contributed by atoms with Gasteiger partial charge in [0.15, 0.2) is 6.10 Å². The molecule has 1 N–H and O–H groups in total. The van der Waals surface area contributed by atoms with Crippen LogP contribution in [0.4, 0.5) is 0 Å². The first-order chi connectivity index (χ1) is 32.6. The number of esters is 2. The molecule has 0 amide bonds. The number of carboxylic acids is 1. The molecule has 9 heteroatoms. The molecular weight excluding hydrogens is 839 g/mol. The number of carbonyl (C=O) groups excluding carboxylic acids is 2. The largest absolute Gasteiger partial charge is 0.477 e. The lowest BCUT2D eigenvalue weighted by molar-refractivity contribution is -0.870. The molecule has 2 unspecified atom stereocenters. The summed E-state index contributed by atoms with van der Waals surface area (Å²) in [4.78, 5) is 37.4. The molecule has 2 atom stereocenters. The summed E-state index contributed by atoms with van der Waals surface area (Å²) in [5.41, 5.74) is 0. The lowest BCUT2D eigenvalue weighted by Crippen LogP contribution is -2.40. The van der Waals surface area contributed by atoms with Gasteiger partial charge < -0.3 is 28.5 Å². The van der Waals surface area contributed by atoms with E-state index >= 15 is 0 Å². The van der Waals surface area contributed by atoms with Gasteiger partial charge in [-0.25, -0.2) is 4.79 Å². The predicted octanol–water partition coefficient (Wildman–Crippen LogP) is 16.6. The third-order valence-electron chi connectivity index (χ3n) is 13.0. The minimum absolute atomic E-state index is 0.176. The number of carbonyl (C=O) groups is 3. The van der Waals surface area contributed by atoms with E-state index in [2.05, 4.69) is 26.0 Å². The molecular formula is C58H112NO8+. The molecule has 0 aliphatic rings. The maximum absolute atomic E-state index is 12.9. The highest BCUT2D eigenvalue weighted by molar-refractivity contribution is 5.71. The van der Waals surface area contributed by atoms with Crippen LogP contribution in [-0.2, 0) is 33.3 Å². The SMILES string of the molecule is CCCCCCCC/C=C\CCCCCCCCCCCC(=O)OC(COC(=O)CCCCCCCCCCCCCCCCCCCCCCCCC)COC(OCC[N+](C)(C)C)C(=O)O. The van der Waals surface area contributed by atoms with Crippen molar-refractivity contribution in [1.29, 1.82) is 0 Å². The molecule has 0 bridgehead atoms. The number of hydrogen-bond donors (Lipinski definition) is 1. The summed E-state index contributed by atoms with van der Waals surface area (Å²) in [5.74, 6) is -1.98. The number of nitrogens with zero attached hydrogens (tertiary/aromatic N) is 1. The zero-order valence-corrected chi connectivity index (χ0v) is 45.1. The van der Waals surface area contributed by atoms with Gasteiger partial charge in [0.1, 0.15) is 13.2 Å². The van der Waals surface area contributed by atoms with Crippen molar-refractivity contribution in [2.75, 3.05) is 47.5 Å². The van der Waals surface area contributed by atoms with E-state index < -0.39 is 24.3 Å². The third kappa shape index (κ3) is 51.7. The normalized spacial score (nSPS) is 12.8. The summed E-state index contributed by atoms with van der Waals surface area (Å²) in [6, 6.07) is 0. The van der Waals surface area contributed by atoms with E-state index in [0.29, 0.717) is 17.4 Å². The van der Waals surface area contributed by atoms with Crippen molar-refractivity contribution in [3.05, 3.63) is 12.2 Å². The van der Waals surface area contributed by atoms with E-state index in [0.717, 1.165) is 38.5 Å². The van der Waals surface area contributed by atoms with Crippen LogP contribution in [0.25, 0.3) is 0 Å². The lowest BCUT2D eigenvalue weighted by atomic mass is 10.0. The fraction of sp³-hybridized carbons (Fsp3) is 0.914. The first-order valence-corrected chi connectivity index (χ1v) is 28.9. The molecule has 0 spiro atoms. The van der Waals surface area contributed by atoms with Gasteiger partial charge >= 0.3 is 17.9 Å². The molecule has 396 valence electrons. The zero-order valence-electron chi connectivity index (χ0n) is 45.1. The van der Waals surface area contributed by atoms with Crippen molar-refractivity contribution in [2.24, 2.45) is 0 Å². The minimum atomic E-state index is -1.51. The van der Waals surface area contributed by atoms with Crippen LogP contribution < -0.4 is 0 Å². The summed E-state index contributed by atoms with van der Waals surface area (Å²) < 4.78 is 22.9. The van der Waals surface area contributed by atoms with Crippen LogP contribution in [0.15, 0.2) is 12.2 Å². The van der Waals surface area contributed by atoms with Gasteiger partial charge in [-0.1, -0.05) is 244 Å². The number of aliphatic carboxylic acids is 1. The van der Waals surface area contributed by atoms with Crippen molar-refractivity contribution in [1.82, 2.24) is 0 Å². The Bertz CT molecular complexity index is 1110. The smallest absolute Gasteiger partial charge is 0.361 e. The monoisotopic (exact) mass is 951 g/mol. The summed E-state index contributed by atoms with van der Waals surface area (Å²) in [6.07, 6.45) is 54.3. The molecule has 0 aromatic rings. The van der Waals surface area contributed by atoms with Crippen molar-refractivity contribution >= 4 is 17.9 Å². The molecule has 0 aromatic heterocycles. The van der Waals surface area contributed by atoms with Gasteiger partial charge in [-0.15, -0.1) is 0 Å². The van der Waals surface area contributed by atoms with Gasteiger partial charge in [0.05, 0.1) is 34.4 Å². The average Bonchev–Trinajstić information content (AvgIpc) is 3.29. The molecule has 0 aliphatic carbocycles. The van der Waals surface area contributed by atoms with Gasteiger partial charge in [0.25, 0.3) is 6.29 Å². The summed E-state index contributed by atoms with van der Waals surface area (Å²) in [7, 11) is 5.98. The first kappa shape index (κ1) is 65.0. The quantitative estimate of drug-likeness (QED) is 0.0211. The number of allylic oxidation sites excluding steroid dienone is 2. The number of unbranched alkanes of at least 4 members (excludes halogenated alkanes) is 37. The van der Waals surface area contributed by atoms with Crippen LogP contribution in [0.2, 0.25) is 0 Å². The van der Waals surface area contributed by atoms with Crippen LogP contribution >= 0.6 is 0 Å².